The van der Waals surface area contributed by atoms with Gasteiger partial charge in [0.1, 0.15) is 0 Å². The Kier molecular flexibility index (Phi) is 2.64. The monoisotopic (exact) mass is 219 g/mol. The van der Waals surface area contributed by atoms with Crippen LogP contribution in [0.15, 0.2) is 18.2 Å². The lowest BCUT2D eigenvalue weighted by Crippen LogP contribution is -2.25. The van der Waals surface area contributed by atoms with Crippen LogP contribution in [0.1, 0.15) is 28.8 Å². The summed E-state index contributed by atoms with van der Waals surface area (Å²) >= 11 is 0. The summed E-state index contributed by atoms with van der Waals surface area (Å²) < 4.78 is 0. The molecule has 0 radical (unpaired) electrons. The van der Waals surface area contributed by atoms with Crippen LogP contribution in [0.5, 0.6) is 0 Å². The van der Waals surface area contributed by atoms with Crippen molar-refractivity contribution in [1.29, 1.82) is 0 Å². The van der Waals surface area contributed by atoms with Crippen LogP contribution in [-0.4, -0.2) is 23.5 Å². The standard InChI is InChI=1S/C12H13NO3/c1-8-9(12(15)16)4-2-5-10(8)13-7-3-6-11(13)14/h2,4-5H,3,6-7H2,1H3,(H,15,16). The average molecular weight is 219 g/mol. The van der Waals surface area contributed by atoms with Crippen molar-refractivity contribution in [2.24, 2.45) is 0 Å². The molecule has 0 aromatic heterocycles. The van der Waals surface area contributed by atoms with E-state index in [-0.39, 0.29) is 11.5 Å². The molecule has 4 nitrogen and oxygen atoms in total. The van der Waals surface area contributed by atoms with E-state index in [2.05, 4.69) is 0 Å². The van der Waals surface area contributed by atoms with E-state index in [4.69, 9.17) is 5.11 Å². The van der Waals surface area contributed by atoms with E-state index in [0.717, 1.165) is 12.1 Å². The average Bonchev–Trinajstić information content (AvgIpc) is 2.64. The lowest BCUT2D eigenvalue weighted by atomic mass is 10.1. The first-order valence-corrected chi connectivity index (χ1v) is 5.24. The molecule has 1 aromatic carbocycles. The Balaban J connectivity index is 2.45. The number of benzene rings is 1. The molecule has 1 amide bonds. The highest BCUT2D eigenvalue weighted by atomic mass is 16.4. The van der Waals surface area contributed by atoms with Gasteiger partial charge in [0.15, 0.2) is 0 Å². The highest BCUT2D eigenvalue weighted by Gasteiger charge is 2.24. The molecule has 0 spiro atoms. The van der Waals surface area contributed by atoms with E-state index in [0.29, 0.717) is 18.5 Å². The molecule has 1 aromatic rings. The minimum Gasteiger partial charge on any atom is -0.478 e. The first-order chi connectivity index (χ1) is 7.61. The number of rotatable bonds is 2. The summed E-state index contributed by atoms with van der Waals surface area (Å²) in [6, 6.07) is 5.03. The molecule has 0 unspecified atom stereocenters. The van der Waals surface area contributed by atoms with Gasteiger partial charge in [0, 0.05) is 18.7 Å². The van der Waals surface area contributed by atoms with E-state index < -0.39 is 5.97 Å². The molecular weight excluding hydrogens is 206 g/mol. The number of amides is 1. The number of carbonyl (C=O) groups excluding carboxylic acids is 1. The first kappa shape index (κ1) is 10.7. The highest BCUT2D eigenvalue weighted by Crippen LogP contribution is 2.27. The van der Waals surface area contributed by atoms with Crippen molar-refractivity contribution >= 4 is 17.6 Å². The van der Waals surface area contributed by atoms with Gasteiger partial charge in [-0.25, -0.2) is 4.79 Å². The molecule has 0 atom stereocenters. The zero-order chi connectivity index (χ0) is 11.7. The number of carboxylic acid groups (broad SMARTS) is 1. The van der Waals surface area contributed by atoms with Gasteiger partial charge in [-0.3, -0.25) is 4.79 Å². The minimum absolute atomic E-state index is 0.0747. The van der Waals surface area contributed by atoms with Gasteiger partial charge in [0.05, 0.1) is 5.56 Å². The Hall–Kier alpha value is -1.84. The van der Waals surface area contributed by atoms with Crippen LogP contribution in [0.25, 0.3) is 0 Å². The Morgan fingerprint density at radius 3 is 2.75 bits per heavy atom. The lowest BCUT2D eigenvalue weighted by Gasteiger charge is -2.19. The molecule has 1 heterocycles. The van der Waals surface area contributed by atoms with Gasteiger partial charge in [-0.15, -0.1) is 0 Å². The third kappa shape index (κ3) is 1.66. The molecule has 1 fully saturated rings. The van der Waals surface area contributed by atoms with Crippen molar-refractivity contribution in [3.63, 3.8) is 0 Å². The molecule has 0 aliphatic carbocycles. The number of anilines is 1. The van der Waals surface area contributed by atoms with E-state index in [1.165, 1.54) is 0 Å². The number of nitrogens with zero attached hydrogens (tertiary/aromatic N) is 1. The van der Waals surface area contributed by atoms with Crippen molar-refractivity contribution in [3.8, 4) is 0 Å². The second-order valence-electron chi connectivity index (χ2n) is 3.90. The topological polar surface area (TPSA) is 57.6 Å². The van der Waals surface area contributed by atoms with Crippen LogP contribution in [0.3, 0.4) is 0 Å². The third-order valence-corrected chi connectivity index (χ3v) is 2.90. The molecule has 1 saturated heterocycles. The van der Waals surface area contributed by atoms with Crippen LogP contribution in [-0.2, 0) is 4.79 Å². The maximum absolute atomic E-state index is 11.6. The summed E-state index contributed by atoms with van der Waals surface area (Å²) in [5.74, 6) is -0.878. The molecule has 84 valence electrons. The molecule has 0 bridgehead atoms. The SMILES string of the molecule is Cc1c(C(=O)O)cccc1N1CCCC1=O. The smallest absolute Gasteiger partial charge is 0.336 e. The summed E-state index contributed by atoms with van der Waals surface area (Å²) in [6.07, 6.45) is 1.40. The second-order valence-corrected chi connectivity index (χ2v) is 3.90. The Bertz CT molecular complexity index is 454. The predicted molar refractivity (Wildman–Crippen MR) is 59.7 cm³/mol. The largest absolute Gasteiger partial charge is 0.478 e. The fourth-order valence-corrected chi connectivity index (χ4v) is 2.05. The summed E-state index contributed by atoms with van der Waals surface area (Å²) in [4.78, 5) is 24.2. The number of hydrogen-bond donors (Lipinski definition) is 1. The van der Waals surface area contributed by atoms with Gasteiger partial charge < -0.3 is 10.0 Å². The van der Waals surface area contributed by atoms with Crippen LogP contribution in [0, 0.1) is 6.92 Å². The predicted octanol–water partition coefficient (Wildman–Crippen LogP) is 1.82. The molecular formula is C12H13NO3. The molecule has 1 aliphatic heterocycles. The summed E-state index contributed by atoms with van der Waals surface area (Å²) in [6.45, 7) is 2.42. The van der Waals surface area contributed by atoms with Crippen LogP contribution >= 0.6 is 0 Å². The molecule has 1 N–H and O–H groups in total. The van der Waals surface area contributed by atoms with E-state index in [1.807, 2.05) is 0 Å². The fraction of sp³-hybridized carbons (Fsp3) is 0.333. The molecule has 16 heavy (non-hydrogen) atoms. The number of hydrogen-bond acceptors (Lipinski definition) is 2. The maximum Gasteiger partial charge on any atom is 0.336 e. The first-order valence-electron chi connectivity index (χ1n) is 5.24. The quantitative estimate of drug-likeness (QED) is 0.825. The zero-order valence-corrected chi connectivity index (χ0v) is 9.06. The van der Waals surface area contributed by atoms with Crippen molar-refractivity contribution < 1.29 is 14.7 Å². The van der Waals surface area contributed by atoms with E-state index >= 15 is 0 Å². The van der Waals surface area contributed by atoms with Crippen LogP contribution in [0.4, 0.5) is 5.69 Å². The number of carboxylic acids is 1. The van der Waals surface area contributed by atoms with Gasteiger partial charge in [-0.1, -0.05) is 6.07 Å². The highest BCUT2D eigenvalue weighted by molar-refractivity contribution is 5.98. The third-order valence-electron chi connectivity index (χ3n) is 2.90. The zero-order valence-electron chi connectivity index (χ0n) is 9.06. The van der Waals surface area contributed by atoms with Crippen molar-refractivity contribution in [1.82, 2.24) is 0 Å². The van der Waals surface area contributed by atoms with E-state index in [1.54, 1.807) is 30.0 Å². The van der Waals surface area contributed by atoms with Gasteiger partial charge in [-0.05, 0) is 31.0 Å². The summed E-state index contributed by atoms with van der Waals surface area (Å²) in [7, 11) is 0. The van der Waals surface area contributed by atoms with Crippen molar-refractivity contribution in [3.05, 3.63) is 29.3 Å². The number of carbonyl (C=O) groups is 2. The summed E-state index contributed by atoms with van der Waals surface area (Å²) in [5, 5.41) is 9.00. The van der Waals surface area contributed by atoms with Crippen LogP contribution < -0.4 is 4.90 Å². The fourth-order valence-electron chi connectivity index (χ4n) is 2.05. The van der Waals surface area contributed by atoms with Crippen molar-refractivity contribution in [2.75, 3.05) is 11.4 Å². The Morgan fingerprint density at radius 1 is 1.44 bits per heavy atom. The molecule has 2 rings (SSSR count). The normalized spacial score (nSPS) is 15.6. The number of aromatic carboxylic acids is 1. The minimum atomic E-state index is -0.953. The van der Waals surface area contributed by atoms with Gasteiger partial charge >= 0.3 is 5.97 Å². The van der Waals surface area contributed by atoms with E-state index in [9.17, 15) is 9.59 Å². The lowest BCUT2D eigenvalue weighted by molar-refractivity contribution is -0.117. The van der Waals surface area contributed by atoms with Gasteiger partial charge in [0.25, 0.3) is 0 Å². The van der Waals surface area contributed by atoms with Crippen molar-refractivity contribution in [2.45, 2.75) is 19.8 Å². The van der Waals surface area contributed by atoms with Crippen LogP contribution in [0.2, 0.25) is 0 Å². The maximum atomic E-state index is 11.6. The Morgan fingerprint density at radius 2 is 2.19 bits per heavy atom. The van der Waals surface area contributed by atoms with Gasteiger partial charge in [-0.2, -0.15) is 0 Å². The molecule has 1 aliphatic rings. The Labute approximate surface area is 93.5 Å². The summed E-state index contributed by atoms with van der Waals surface area (Å²) in [5.41, 5.74) is 1.64. The second kappa shape index (κ2) is 3.96. The molecule has 0 saturated carbocycles. The van der Waals surface area contributed by atoms with Gasteiger partial charge in [0.2, 0.25) is 5.91 Å². The molecule has 4 heteroatoms.